The van der Waals surface area contributed by atoms with E-state index in [9.17, 15) is 0 Å². The zero-order valence-corrected chi connectivity index (χ0v) is 5.45. The predicted molar refractivity (Wildman–Crippen MR) is 31.8 cm³/mol. The molecule has 1 fully saturated rings. The van der Waals surface area contributed by atoms with Crippen molar-refractivity contribution in [2.75, 3.05) is 0 Å². The van der Waals surface area contributed by atoms with Crippen molar-refractivity contribution < 1.29 is 14.9 Å². The number of hydrogen-bond donors (Lipinski definition) is 2. The van der Waals surface area contributed by atoms with E-state index in [0.29, 0.717) is 6.42 Å². The maximum absolute atomic E-state index is 8.92. The lowest BCUT2D eigenvalue weighted by Gasteiger charge is -2.05. The minimum Gasteiger partial charge on any atom is -0.388 e. The minimum atomic E-state index is -0.949. The van der Waals surface area contributed by atoms with Crippen LogP contribution in [0.4, 0.5) is 0 Å². The smallest absolute Gasteiger partial charge is 0.181 e. The maximum Gasteiger partial charge on any atom is 0.181 e. The first-order valence-corrected chi connectivity index (χ1v) is 3.25. The summed E-state index contributed by atoms with van der Waals surface area (Å²) in [5, 5.41) is 17.8. The van der Waals surface area contributed by atoms with Crippen LogP contribution in [-0.2, 0) is 4.74 Å². The van der Waals surface area contributed by atoms with Crippen molar-refractivity contribution in [2.24, 2.45) is 0 Å². The lowest BCUT2D eigenvalue weighted by molar-refractivity contribution is -0.127. The molecule has 1 rings (SSSR count). The Bertz CT molecular complexity index is 84.3. The van der Waals surface area contributed by atoms with Gasteiger partial charge in [-0.2, -0.15) is 0 Å². The second-order valence-electron chi connectivity index (χ2n) is 2.36. The third-order valence-corrected chi connectivity index (χ3v) is 1.62. The summed E-state index contributed by atoms with van der Waals surface area (Å²) in [7, 11) is 0. The minimum absolute atomic E-state index is 0.0509. The topological polar surface area (TPSA) is 49.7 Å². The van der Waals surface area contributed by atoms with Crippen LogP contribution in [0.5, 0.6) is 0 Å². The number of rotatable bonds is 1. The highest BCUT2D eigenvalue weighted by atomic mass is 16.6. The van der Waals surface area contributed by atoms with E-state index in [1.54, 1.807) is 0 Å². The van der Waals surface area contributed by atoms with Crippen LogP contribution >= 0.6 is 0 Å². The van der Waals surface area contributed by atoms with Gasteiger partial charge in [-0.25, -0.2) is 0 Å². The third-order valence-electron chi connectivity index (χ3n) is 1.62. The summed E-state index contributed by atoms with van der Waals surface area (Å²) >= 11 is 0. The van der Waals surface area contributed by atoms with Crippen molar-refractivity contribution in [2.45, 2.75) is 38.3 Å². The first kappa shape index (κ1) is 6.99. The van der Waals surface area contributed by atoms with E-state index < -0.39 is 12.4 Å². The van der Waals surface area contributed by atoms with Gasteiger partial charge in [0.05, 0.1) is 6.10 Å². The quantitative estimate of drug-likeness (QED) is 0.522. The molecule has 1 saturated heterocycles. The highest BCUT2D eigenvalue weighted by Gasteiger charge is 2.30. The zero-order valence-electron chi connectivity index (χ0n) is 5.45. The Morgan fingerprint density at radius 3 is 2.44 bits per heavy atom. The molecule has 0 amide bonds. The molecule has 1 heterocycles. The third kappa shape index (κ3) is 1.41. The van der Waals surface area contributed by atoms with Crippen molar-refractivity contribution in [3.8, 4) is 0 Å². The number of hydrogen-bond acceptors (Lipinski definition) is 3. The molecule has 2 N–H and O–H groups in total. The summed E-state index contributed by atoms with van der Waals surface area (Å²) in [6.07, 6.45) is -0.147. The average molecular weight is 132 g/mol. The second-order valence-corrected chi connectivity index (χ2v) is 2.36. The fraction of sp³-hybridized carbons (Fsp3) is 1.00. The van der Waals surface area contributed by atoms with E-state index in [2.05, 4.69) is 0 Å². The molecule has 3 atom stereocenters. The van der Waals surface area contributed by atoms with Gasteiger partial charge in [-0.3, -0.25) is 0 Å². The van der Waals surface area contributed by atoms with Crippen LogP contribution < -0.4 is 0 Å². The highest BCUT2D eigenvalue weighted by Crippen LogP contribution is 2.20. The normalized spacial score (nSPS) is 43.7. The van der Waals surface area contributed by atoms with Crippen LogP contribution in [0.25, 0.3) is 0 Å². The van der Waals surface area contributed by atoms with Gasteiger partial charge in [-0.1, -0.05) is 6.92 Å². The molecule has 9 heavy (non-hydrogen) atoms. The number of aliphatic hydroxyl groups excluding tert-OH is 2. The first-order chi connectivity index (χ1) is 4.24. The van der Waals surface area contributed by atoms with Gasteiger partial charge >= 0.3 is 0 Å². The summed E-state index contributed by atoms with van der Waals surface area (Å²) in [5.74, 6) is 0. The Labute approximate surface area is 54.3 Å². The lowest BCUT2D eigenvalue weighted by Crippen LogP contribution is -2.19. The van der Waals surface area contributed by atoms with E-state index in [-0.39, 0.29) is 6.10 Å². The summed E-state index contributed by atoms with van der Waals surface area (Å²) in [6, 6.07) is 0. The molecule has 1 aliphatic rings. The molecule has 0 aromatic heterocycles. The summed E-state index contributed by atoms with van der Waals surface area (Å²) in [4.78, 5) is 0. The zero-order chi connectivity index (χ0) is 6.85. The number of aliphatic hydroxyl groups is 2. The maximum atomic E-state index is 8.92. The summed E-state index contributed by atoms with van der Waals surface area (Å²) in [5.41, 5.74) is 0. The molecular formula is C6H12O3. The molecule has 0 aromatic carbocycles. The van der Waals surface area contributed by atoms with Crippen molar-refractivity contribution in [3.63, 3.8) is 0 Å². The fourth-order valence-electron chi connectivity index (χ4n) is 0.992. The molecule has 0 spiro atoms. The van der Waals surface area contributed by atoms with E-state index in [0.717, 1.165) is 6.42 Å². The van der Waals surface area contributed by atoms with E-state index >= 15 is 0 Å². The van der Waals surface area contributed by atoms with Gasteiger partial charge < -0.3 is 14.9 Å². The molecule has 1 unspecified atom stereocenters. The molecule has 0 saturated carbocycles. The highest BCUT2D eigenvalue weighted by molar-refractivity contribution is 4.73. The van der Waals surface area contributed by atoms with Gasteiger partial charge in [0.1, 0.15) is 6.10 Å². The van der Waals surface area contributed by atoms with Crippen molar-refractivity contribution in [1.29, 1.82) is 0 Å². The van der Waals surface area contributed by atoms with E-state index in [1.807, 2.05) is 6.92 Å². The van der Waals surface area contributed by atoms with Crippen LogP contribution in [0, 0.1) is 0 Å². The van der Waals surface area contributed by atoms with Gasteiger partial charge in [-0.05, 0) is 6.42 Å². The molecule has 0 aromatic rings. The molecule has 0 bridgehead atoms. The van der Waals surface area contributed by atoms with Gasteiger partial charge in [0, 0.05) is 6.42 Å². The average Bonchev–Trinajstić information content (AvgIpc) is 2.13. The van der Waals surface area contributed by atoms with Gasteiger partial charge in [0.2, 0.25) is 0 Å². The summed E-state index contributed by atoms with van der Waals surface area (Å²) in [6.45, 7) is 1.97. The van der Waals surface area contributed by atoms with Gasteiger partial charge in [0.25, 0.3) is 0 Å². The van der Waals surface area contributed by atoms with Crippen LogP contribution in [0.3, 0.4) is 0 Å². The molecular weight excluding hydrogens is 120 g/mol. The first-order valence-electron chi connectivity index (χ1n) is 3.25. The van der Waals surface area contributed by atoms with Crippen LogP contribution in [-0.4, -0.2) is 28.7 Å². The molecule has 0 radical (unpaired) electrons. The van der Waals surface area contributed by atoms with Crippen LogP contribution in [0.1, 0.15) is 19.8 Å². The van der Waals surface area contributed by atoms with E-state index in [1.165, 1.54) is 0 Å². The Morgan fingerprint density at radius 2 is 2.22 bits per heavy atom. The van der Waals surface area contributed by atoms with Crippen LogP contribution in [0.2, 0.25) is 0 Å². The SMILES string of the molecule is CC[C@H]1C[C@@H](O)C(O)O1. The number of ether oxygens (including phenoxy) is 1. The monoisotopic (exact) mass is 132 g/mol. The van der Waals surface area contributed by atoms with Crippen molar-refractivity contribution in [1.82, 2.24) is 0 Å². The molecule has 3 heteroatoms. The van der Waals surface area contributed by atoms with Crippen molar-refractivity contribution in [3.05, 3.63) is 0 Å². The Hall–Kier alpha value is -0.120. The Morgan fingerprint density at radius 1 is 1.56 bits per heavy atom. The summed E-state index contributed by atoms with van der Waals surface area (Å²) < 4.78 is 4.93. The van der Waals surface area contributed by atoms with Gasteiger partial charge in [-0.15, -0.1) is 0 Å². The predicted octanol–water partition coefficient (Wildman–Crippen LogP) is -0.135. The largest absolute Gasteiger partial charge is 0.388 e. The van der Waals surface area contributed by atoms with Crippen LogP contribution in [0.15, 0.2) is 0 Å². The standard InChI is InChI=1S/C6H12O3/c1-2-4-3-5(7)6(8)9-4/h4-8H,2-3H2,1H3/t4-,5+,6?/m0/s1. The van der Waals surface area contributed by atoms with E-state index in [4.69, 9.17) is 14.9 Å². The lowest BCUT2D eigenvalue weighted by atomic mass is 10.2. The molecule has 0 aliphatic carbocycles. The van der Waals surface area contributed by atoms with Crippen molar-refractivity contribution >= 4 is 0 Å². The molecule has 1 aliphatic heterocycles. The molecule has 3 nitrogen and oxygen atoms in total. The Kier molecular flexibility index (Phi) is 2.05. The Balaban J connectivity index is 2.35. The van der Waals surface area contributed by atoms with Gasteiger partial charge in [0.15, 0.2) is 6.29 Å². The second kappa shape index (κ2) is 2.64. The fourth-order valence-corrected chi connectivity index (χ4v) is 0.992. The molecule has 54 valence electrons.